The monoisotopic (exact) mass is 228 g/mol. The molecule has 1 saturated carbocycles. The van der Waals surface area contributed by atoms with Gasteiger partial charge in [-0.25, -0.2) is 0 Å². The maximum absolute atomic E-state index is 11.7. The van der Waals surface area contributed by atoms with Crippen LogP contribution in [0.15, 0.2) is 0 Å². The maximum Gasteiger partial charge on any atom is 0.248 e. The second-order valence-corrected chi connectivity index (χ2v) is 4.87. The largest absolute Gasteiger partial charge is 0.368 e. The third kappa shape index (κ3) is 3.46. The number of hydrogen-bond donors (Lipinski definition) is 1. The minimum absolute atomic E-state index is 0.0534. The molecule has 2 unspecified atom stereocenters. The molecule has 0 radical (unpaired) electrons. The molecule has 2 atom stereocenters. The average molecular weight is 228 g/mol. The quantitative estimate of drug-likeness (QED) is 0.763. The average Bonchev–Trinajstić information content (AvgIpc) is 2.71. The van der Waals surface area contributed by atoms with Gasteiger partial charge in [0.15, 0.2) is 0 Å². The first kappa shape index (κ1) is 13.5. The summed E-state index contributed by atoms with van der Waals surface area (Å²) in [5, 5.41) is 0. The van der Waals surface area contributed by atoms with E-state index in [1.165, 1.54) is 6.42 Å². The van der Waals surface area contributed by atoms with E-state index in [2.05, 4.69) is 0 Å². The van der Waals surface area contributed by atoms with Crippen LogP contribution >= 0.6 is 0 Å². The summed E-state index contributed by atoms with van der Waals surface area (Å²) in [6, 6.07) is 0.227. The standard InChI is InChI=1S/C12H24N2O2/c1-9(2)14(3)12(15)8-16-11-6-4-5-10(11)7-13/h9-11H,4-8,13H2,1-3H3. The van der Waals surface area contributed by atoms with Crippen LogP contribution in [-0.4, -0.2) is 43.2 Å². The van der Waals surface area contributed by atoms with Crippen molar-refractivity contribution in [3.05, 3.63) is 0 Å². The number of carbonyl (C=O) groups is 1. The van der Waals surface area contributed by atoms with Crippen molar-refractivity contribution < 1.29 is 9.53 Å². The highest BCUT2D eigenvalue weighted by molar-refractivity contribution is 5.77. The molecule has 0 aromatic carbocycles. The van der Waals surface area contributed by atoms with Crippen LogP contribution in [0.2, 0.25) is 0 Å². The lowest BCUT2D eigenvalue weighted by atomic mass is 10.1. The molecule has 0 heterocycles. The molecule has 0 bridgehead atoms. The molecule has 94 valence electrons. The Morgan fingerprint density at radius 1 is 1.50 bits per heavy atom. The molecule has 1 amide bonds. The molecule has 0 aromatic heterocycles. The van der Waals surface area contributed by atoms with Crippen LogP contribution in [0.4, 0.5) is 0 Å². The molecule has 0 aliphatic heterocycles. The molecule has 0 spiro atoms. The van der Waals surface area contributed by atoms with Gasteiger partial charge < -0.3 is 15.4 Å². The van der Waals surface area contributed by atoms with E-state index in [4.69, 9.17) is 10.5 Å². The van der Waals surface area contributed by atoms with E-state index in [9.17, 15) is 4.79 Å². The van der Waals surface area contributed by atoms with Crippen molar-refractivity contribution in [2.75, 3.05) is 20.2 Å². The Labute approximate surface area is 98.1 Å². The first-order chi connectivity index (χ1) is 7.56. The SMILES string of the molecule is CC(C)N(C)C(=O)COC1CCCC1CN. The summed E-state index contributed by atoms with van der Waals surface area (Å²) in [6.07, 6.45) is 3.53. The highest BCUT2D eigenvalue weighted by Gasteiger charge is 2.27. The molecule has 4 heteroatoms. The van der Waals surface area contributed by atoms with Crippen molar-refractivity contribution in [2.45, 2.75) is 45.3 Å². The molecular weight excluding hydrogens is 204 g/mol. The molecule has 1 aliphatic carbocycles. The lowest BCUT2D eigenvalue weighted by Crippen LogP contribution is -2.37. The first-order valence-electron chi connectivity index (χ1n) is 6.13. The van der Waals surface area contributed by atoms with Crippen LogP contribution in [0.3, 0.4) is 0 Å². The number of amides is 1. The summed E-state index contributed by atoms with van der Waals surface area (Å²) in [4.78, 5) is 13.4. The Bertz CT molecular complexity index is 231. The van der Waals surface area contributed by atoms with Crippen LogP contribution in [0.5, 0.6) is 0 Å². The van der Waals surface area contributed by atoms with Gasteiger partial charge in [-0.15, -0.1) is 0 Å². The van der Waals surface area contributed by atoms with Gasteiger partial charge in [-0.3, -0.25) is 4.79 Å². The van der Waals surface area contributed by atoms with Gasteiger partial charge in [0, 0.05) is 13.1 Å². The second-order valence-electron chi connectivity index (χ2n) is 4.87. The zero-order chi connectivity index (χ0) is 12.1. The zero-order valence-corrected chi connectivity index (χ0v) is 10.6. The van der Waals surface area contributed by atoms with Gasteiger partial charge in [0.2, 0.25) is 5.91 Å². The smallest absolute Gasteiger partial charge is 0.248 e. The Morgan fingerprint density at radius 3 is 2.75 bits per heavy atom. The van der Waals surface area contributed by atoms with Crippen LogP contribution in [0, 0.1) is 5.92 Å². The Balaban J connectivity index is 2.31. The third-order valence-corrected chi connectivity index (χ3v) is 3.48. The lowest BCUT2D eigenvalue weighted by molar-refractivity contribution is -0.139. The Morgan fingerprint density at radius 2 is 2.19 bits per heavy atom. The number of nitrogens with zero attached hydrogens (tertiary/aromatic N) is 1. The van der Waals surface area contributed by atoms with Crippen molar-refractivity contribution in [3.63, 3.8) is 0 Å². The summed E-state index contributed by atoms with van der Waals surface area (Å²) in [5.41, 5.74) is 5.66. The molecule has 4 nitrogen and oxygen atoms in total. The van der Waals surface area contributed by atoms with E-state index in [-0.39, 0.29) is 24.7 Å². The number of hydrogen-bond acceptors (Lipinski definition) is 3. The minimum atomic E-state index is 0.0534. The van der Waals surface area contributed by atoms with Gasteiger partial charge >= 0.3 is 0 Å². The van der Waals surface area contributed by atoms with Gasteiger partial charge in [-0.2, -0.15) is 0 Å². The van der Waals surface area contributed by atoms with Crippen molar-refractivity contribution in [3.8, 4) is 0 Å². The van der Waals surface area contributed by atoms with Gasteiger partial charge in [0.1, 0.15) is 6.61 Å². The molecule has 0 saturated heterocycles. The fourth-order valence-electron chi connectivity index (χ4n) is 2.06. The molecule has 1 fully saturated rings. The fraction of sp³-hybridized carbons (Fsp3) is 0.917. The fourth-order valence-corrected chi connectivity index (χ4v) is 2.06. The summed E-state index contributed by atoms with van der Waals surface area (Å²) in [6.45, 7) is 4.85. The van der Waals surface area contributed by atoms with Gasteiger partial charge in [-0.1, -0.05) is 6.42 Å². The summed E-state index contributed by atoms with van der Waals surface area (Å²) >= 11 is 0. The first-order valence-corrected chi connectivity index (χ1v) is 6.13. The van der Waals surface area contributed by atoms with E-state index in [0.717, 1.165) is 12.8 Å². The molecule has 1 aliphatic rings. The highest BCUT2D eigenvalue weighted by atomic mass is 16.5. The molecule has 16 heavy (non-hydrogen) atoms. The normalized spacial score (nSPS) is 25.1. The van der Waals surface area contributed by atoms with Crippen molar-refractivity contribution in [2.24, 2.45) is 11.7 Å². The third-order valence-electron chi connectivity index (χ3n) is 3.48. The van der Waals surface area contributed by atoms with Crippen molar-refractivity contribution in [1.82, 2.24) is 4.90 Å². The molecular formula is C12H24N2O2. The zero-order valence-electron chi connectivity index (χ0n) is 10.6. The molecule has 2 N–H and O–H groups in total. The van der Waals surface area contributed by atoms with Crippen molar-refractivity contribution in [1.29, 1.82) is 0 Å². The lowest BCUT2D eigenvalue weighted by Gasteiger charge is -2.24. The Hall–Kier alpha value is -0.610. The van der Waals surface area contributed by atoms with E-state index in [1.807, 2.05) is 20.9 Å². The van der Waals surface area contributed by atoms with Crippen LogP contribution in [0.25, 0.3) is 0 Å². The van der Waals surface area contributed by atoms with Crippen LogP contribution in [0.1, 0.15) is 33.1 Å². The van der Waals surface area contributed by atoms with E-state index in [0.29, 0.717) is 12.5 Å². The van der Waals surface area contributed by atoms with Gasteiger partial charge in [0.05, 0.1) is 6.10 Å². The van der Waals surface area contributed by atoms with E-state index >= 15 is 0 Å². The number of ether oxygens (including phenoxy) is 1. The molecule has 0 aromatic rings. The number of carbonyl (C=O) groups excluding carboxylic acids is 1. The predicted octanol–water partition coefficient (Wildman–Crippen LogP) is 0.997. The van der Waals surface area contributed by atoms with Crippen molar-refractivity contribution >= 4 is 5.91 Å². The van der Waals surface area contributed by atoms with Gasteiger partial charge in [-0.05, 0) is 39.2 Å². The Kier molecular flexibility index (Phi) is 5.22. The predicted molar refractivity (Wildman–Crippen MR) is 64.0 cm³/mol. The number of likely N-dealkylation sites (N-methyl/N-ethyl adjacent to an activating group) is 1. The number of nitrogens with two attached hydrogens (primary N) is 1. The topological polar surface area (TPSA) is 55.6 Å². The molecule has 1 rings (SSSR count). The van der Waals surface area contributed by atoms with E-state index in [1.54, 1.807) is 4.90 Å². The number of rotatable bonds is 5. The van der Waals surface area contributed by atoms with Gasteiger partial charge in [0.25, 0.3) is 0 Å². The minimum Gasteiger partial charge on any atom is -0.368 e. The maximum atomic E-state index is 11.7. The van der Waals surface area contributed by atoms with Crippen LogP contribution in [-0.2, 0) is 9.53 Å². The van der Waals surface area contributed by atoms with E-state index < -0.39 is 0 Å². The highest BCUT2D eigenvalue weighted by Crippen LogP contribution is 2.27. The summed E-state index contributed by atoms with van der Waals surface area (Å²) < 4.78 is 5.67. The summed E-state index contributed by atoms with van der Waals surface area (Å²) in [5.74, 6) is 0.495. The summed E-state index contributed by atoms with van der Waals surface area (Å²) in [7, 11) is 1.81. The second kappa shape index (κ2) is 6.21. The van der Waals surface area contributed by atoms with Crippen LogP contribution < -0.4 is 5.73 Å².